The van der Waals surface area contributed by atoms with Crippen molar-refractivity contribution in [1.29, 1.82) is 0 Å². The highest BCUT2D eigenvalue weighted by Crippen LogP contribution is 2.19. The van der Waals surface area contributed by atoms with Crippen molar-refractivity contribution >= 4 is 28.8 Å². The van der Waals surface area contributed by atoms with Gasteiger partial charge in [0.2, 0.25) is 0 Å². The molecule has 0 saturated heterocycles. The molecule has 4 N–H and O–H groups in total. The second-order valence-corrected chi connectivity index (χ2v) is 3.08. The number of carbonyl (C=O) groups is 1. The van der Waals surface area contributed by atoms with E-state index in [0.717, 1.165) is 17.0 Å². The number of anilines is 1. The molecule has 2 aromatic rings. The third-order valence-corrected chi connectivity index (χ3v) is 1.99. The van der Waals surface area contributed by atoms with E-state index >= 15 is 0 Å². The lowest BCUT2D eigenvalue weighted by molar-refractivity contribution is -0.131. The highest BCUT2D eigenvalue weighted by atomic mass is 16.4. The van der Waals surface area contributed by atoms with Crippen molar-refractivity contribution in [3.63, 3.8) is 0 Å². The molecule has 2 heterocycles. The van der Waals surface area contributed by atoms with E-state index in [1.165, 1.54) is 6.08 Å². The van der Waals surface area contributed by atoms with E-state index in [4.69, 9.17) is 10.8 Å². The average Bonchev–Trinajstić information content (AvgIpc) is 2.57. The fourth-order valence-electron chi connectivity index (χ4n) is 1.34. The van der Waals surface area contributed by atoms with Crippen molar-refractivity contribution in [2.24, 2.45) is 0 Å². The van der Waals surface area contributed by atoms with Crippen LogP contribution in [0.25, 0.3) is 17.1 Å². The molecule has 15 heavy (non-hydrogen) atoms. The number of nitrogen functional groups attached to an aromatic ring is 1. The van der Waals surface area contributed by atoms with Crippen LogP contribution in [0.2, 0.25) is 0 Å². The van der Waals surface area contributed by atoms with Gasteiger partial charge in [0, 0.05) is 23.2 Å². The number of hydrogen-bond donors (Lipinski definition) is 3. The first-order valence-corrected chi connectivity index (χ1v) is 4.30. The number of fused-ring (bicyclic) bond motifs is 1. The van der Waals surface area contributed by atoms with Gasteiger partial charge in [-0.25, -0.2) is 9.78 Å². The SMILES string of the molecule is Nc1cnc2[nH]cc(/C=C/C(=O)O)c2c1. The number of carboxylic acid groups (broad SMARTS) is 1. The molecule has 0 radical (unpaired) electrons. The van der Waals surface area contributed by atoms with Crippen LogP contribution in [-0.4, -0.2) is 21.0 Å². The van der Waals surface area contributed by atoms with Crippen LogP contribution in [0, 0.1) is 0 Å². The summed E-state index contributed by atoms with van der Waals surface area (Å²) >= 11 is 0. The number of aromatic amines is 1. The van der Waals surface area contributed by atoms with E-state index < -0.39 is 5.97 Å². The van der Waals surface area contributed by atoms with Gasteiger partial charge >= 0.3 is 5.97 Å². The van der Waals surface area contributed by atoms with Gasteiger partial charge in [-0.1, -0.05) is 0 Å². The fourth-order valence-corrected chi connectivity index (χ4v) is 1.34. The van der Waals surface area contributed by atoms with Gasteiger partial charge in [-0.05, 0) is 12.1 Å². The Kier molecular flexibility index (Phi) is 2.13. The molecule has 0 aromatic carbocycles. The largest absolute Gasteiger partial charge is 0.478 e. The molecule has 0 unspecified atom stereocenters. The molecule has 0 aliphatic rings. The van der Waals surface area contributed by atoms with Crippen molar-refractivity contribution in [3.05, 3.63) is 30.1 Å². The number of hydrogen-bond acceptors (Lipinski definition) is 3. The Morgan fingerprint density at radius 2 is 2.40 bits per heavy atom. The van der Waals surface area contributed by atoms with Crippen molar-refractivity contribution in [3.8, 4) is 0 Å². The first-order valence-electron chi connectivity index (χ1n) is 4.30. The van der Waals surface area contributed by atoms with Gasteiger partial charge in [0.25, 0.3) is 0 Å². The topological polar surface area (TPSA) is 92.0 Å². The van der Waals surface area contributed by atoms with Gasteiger partial charge in [0.1, 0.15) is 5.65 Å². The Labute approximate surface area is 85.2 Å². The van der Waals surface area contributed by atoms with E-state index in [1.54, 1.807) is 18.5 Å². The summed E-state index contributed by atoms with van der Waals surface area (Å²) in [6.07, 6.45) is 5.81. The lowest BCUT2D eigenvalue weighted by atomic mass is 10.2. The average molecular weight is 203 g/mol. The summed E-state index contributed by atoms with van der Waals surface area (Å²) in [6, 6.07) is 1.75. The monoisotopic (exact) mass is 203 g/mol. The van der Waals surface area contributed by atoms with E-state index in [2.05, 4.69) is 9.97 Å². The molecule has 5 nitrogen and oxygen atoms in total. The fraction of sp³-hybridized carbons (Fsp3) is 0. The summed E-state index contributed by atoms with van der Waals surface area (Å²) in [5.41, 5.74) is 7.59. The molecule has 0 spiro atoms. The van der Waals surface area contributed by atoms with Crippen LogP contribution in [0.4, 0.5) is 5.69 Å². The van der Waals surface area contributed by atoms with Crippen LogP contribution in [0.1, 0.15) is 5.56 Å². The molecule has 0 atom stereocenters. The van der Waals surface area contributed by atoms with Gasteiger partial charge in [-0.15, -0.1) is 0 Å². The number of nitrogens with one attached hydrogen (secondary N) is 1. The number of nitrogens with zero attached hydrogens (tertiary/aromatic N) is 1. The highest BCUT2D eigenvalue weighted by Gasteiger charge is 2.02. The summed E-state index contributed by atoms with van der Waals surface area (Å²) in [7, 11) is 0. The predicted molar refractivity (Wildman–Crippen MR) is 57.2 cm³/mol. The minimum Gasteiger partial charge on any atom is -0.478 e. The first kappa shape index (κ1) is 9.26. The molecular formula is C10H9N3O2. The summed E-state index contributed by atoms with van der Waals surface area (Å²) in [4.78, 5) is 17.4. The van der Waals surface area contributed by atoms with Crippen molar-refractivity contribution in [2.75, 3.05) is 5.73 Å². The highest BCUT2D eigenvalue weighted by molar-refractivity contribution is 5.92. The van der Waals surface area contributed by atoms with E-state index in [0.29, 0.717) is 11.3 Å². The Morgan fingerprint density at radius 3 is 3.13 bits per heavy atom. The number of aromatic nitrogens is 2. The van der Waals surface area contributed by atoms with Crippen LogP contribution < -0.4 is 5.73 Å². The van der Waals surface area contributed by atoms with E-state index in [9.17, 15) is 4.79 Å². The second kappa shape index (κ2) is 3.45. The number of nitrogens with two attached hydrogens (primary N) is 1. The summed E-state index contributed by atoms with van der Waals surface area (Å²) < 4.78 is 0. The Morgan fingerprint density at radius 1 is 1.60 bits per heavy atom. The molecule has 2 aromatic heterocycles. The van der Waals surface area contributed by atoms with Crippen LogP contribution in [-0.2, 0) is 4.79 Å². The molecule has 0 amide bonds. The predicted octanol–water partition coefficient (Wildman–Crippen LogP) is 1.24. The molecule has 0 aliphatic heterocycles. The number of pyridine rings is 1. The lowest BCUT2D eigenvalue weighted by Gasteiger charge is -1.93. The van der Waals surface area contributed by atoms with Gasteiger partial charge in [-0.3, -0.25) is 0 Å². The van der Waals surface area contributed by atoms with Crippen LogP contribution >= 0.6 is 0 Å². The summed E-state index contributed by atoms with van der Waals surface area (Å²) in [5, 5.41) is 9.31. The van der Waals surface area contributed by atoms with E-state index in [1.807, 2.05) is 0 Å². The van der Waals surface area contributed by atoms with Crippen LogP contribution in [0.3, 0.4) is 0 Å². The molecule has 0 saturated carbocycles. The Hall–Kier alpha value is -2.30. The quantitative estimate of drug-likeness (QED) is 0.640. The summed E-state index contributed by atoms with van der Waals surface area (Å²) in [5.74, 6) is -0.985. The second-order valence-electron chi connectivity index (χ2n) is 3.08. The molecule has 0 bridgehead atoms. The minimum absolute atomic E-state index is 0.548. The smallest absolute Gasteiger partial charge is 0.328 e. The van der Waals surface area contributed by atoms with Gasteiger partial charge in [-0.2, -0.15) is 0 Å². The minimum atomic E-state index is -0.985. The number of H-pyrrole nitrogens is 1. The molecule has 0 fully saturated rings. The maximum absolute atomic E-state index is 10.4. The van der Waals surface area contributed by atoms with Gasteiger partial charge < -0.3 is 15.8 Å². The van der Waals surface area contributed by atoms with Crippen molar-refractivity contribution in [2.45, 2.75) is 0 Å². The number of aliphatic carboxylic acids is 1. The molecule has 2 rings (SSSR count). The normalized spacial score (nSPS) is 11.2. The maximum Gasteiger partial charge on any atom is 0.328 e. The standard InChI is InChI=1S/C10H9N3O2/c11-7-3-8-6(1-2-9(14)15)4-12-10(8)13-5-7/h1-5H,11H2,(H,12,13)(H,14,15)/b2-1+. The van der Waals surface area contributed by atoms with Crippen LogP contribution in [0.5, 0.6) is 0 Å². The third-order valence-electron chi connectivity index (χ3n) is 1.99. The third kappa shape index (κ3) is 1.80. The van der Waals surface area contributed by atoms with Crippen molar-refractivity contribution < 1.29 is 9.90 Å². The number of rotatable bonds is 2. The lowest BCUT2D eigenvalue weighted by Crippen LogP contribution is -1.87. The zero-order valence-electron chi connectivity index (χ0n) is 7.77. The summed E-state index contributed by atoms with van der Waals surface area (Å²) in [6.45, 7) is 0. The van der Waals surface area contributed by atoms with Gasteiger partial charge in [0.05, 0.1) is 11.9 Å². The molecular weight excluding hydrogens is 194 g/mol. The zero-order chi connectivity index (χ0) is 10.8. The number of carboxylic acids is 1. The molecule has 76 valence electrons. The van der Waals surface area contributed by atoms with E-state index in [-0.39, 0.29) is 0 Å². The Balaban J connectivity index is 2.52. The Bertz CT molecular complexity index is 543. The molecule has 0 aliphatic carbocycles. The zero-order valence-corrected chi connectivity index (χ0v) is 7.77. The van der Waals surface area contributed by atoms with Gasteiger partial charge in [0.15, 0.2) is 0 Å². The van der Waals surface area contributed by atoms with Crippen LogP contribution in [0.15, 0.2) is 24.5 Å². The molecule has 5 heteroatoms. The van der Waals surface area contributed by atoms with Crippen molar-refractivity contribution in [1.82, 2.24) is 9.97 Å². The first-order chi connectivity index (χ1) is 7.16. The maximum atomic E-state index is 10.4.